The second kappa shape index (κ2) is 7.20. The van der Waals surface area contributed by atoms with Crippen molar-refractivity contribution in [3.8, 4) is 0 Å². The predicted octanol–water partition coefficient (Wildman–Crippen LogP) is 5.55. The Hall–Kier alpha value is -0.170. The molecule has 0 saturated carbocycles. The molecule has 0 heterocycles. The van der Waals surface area contributed by atoms with Gasteiger partial charge in [-0.3, -0.25) is 0 Å². The van der Waals surface area contributed by atoms with Gasteiger partial charge in [0.2, 0.25) is 0 Å². The molecule has 5 heteroatoms. The molecule has 20 heavy (non-hydrogen) atoms. The summed E-state index contributed by atoms with van der Waals surface area (Å²) in [6.07, 6.45) is 0. The summed E-state index contributed by atoms with van der Waals surface area (Å²) in [7, 11) is 0. The molecular formula is C15H13BrClFIN. The fourth-order valence-electron chi connectivity index (χ4n) is 2.04. The van der Waals surface area contributed by atoms with Crippen molar-refractivity contribution < 1.29 is 4.39 Å². The van der Waals surface area contributed by atoms with Crippen molar-refractivity contribution in [1.29, 1.82) is 0 Å². The summed E-state index contributed by atoms with van der Waals surface area (Å²) in [5, 5.41) is 3.99. The topological polar surface area (TPSA) is 12.0 Å². The molecule has 1 atom stereocenters. The van der Waals surface area contributed by atoms with Crippen LogP contribution in [0, 0.1) is 9.39 Å². The van der Waals surface area contributed by atoms with Crippen molar-refractivity contribution in [2.75, 3.05) is 6.54 Å². The van der Waals surface area contributed by atoms with E-state index in [1.54, 1.807) is 12.1 Å². The van der Waals surface area contributed by atoms with Crippen LogP contribution in [0.5, 0.6) is 0 Å². The lowest BCUT2D eigenvalue weighted by Gasteiger charge is -2.20. The zero-order valence-electron chi connectivity index (χ0n) is 10.8. The zero-order chi connectivity index (χ0) is 14.7. The Morgan fingerprint density at radius 1 is 1.30 bits per heavy atom. The van der Waals surface area contributed by atoms with Crippen LogP contribution in [0.25, 0.3) is 0 Å². The minimum atomic E-state index is -0.228. The monoisotopic (exact) mass is 467 g/mol. The highest BCUT2D eigenvalue weighted by atomic mass is 127. The molecule has 1 N–H and O–H groups in total. The Labute approximate surface area is 145 Å². The van der Waals surface area contributed by atoms with Crippen LogP contribution in [0.2, 0.25) is 5.02 Å². The van der Waals surface area contributed by atoms with E-state index in [2.05, 4.69) is 43.8 Å². The van der Waals surface area contributed by atoms with E-state index >= 15 is 0 Å². The number of benzene rings is 2. The smallest absolute Gasteiger partial charge is 0.128 e. The first-order chi connectivity index (χ1) is 9.52. The minimum Gasteiger partial charge on any atom is -0.306 e. The lowest BCUT2D eigenvalue weighted by atomic mass is 9.98. The summed E-state index contributed by atoms with van der Waals surface area (Å²) in [5.41, 5.74) is 1.56. The molecule has 0 aromatic heterocycles. The average Bonchev–Trinajstić information content (AvgIpc) is 2.42. The molecule has 0 aliphatic heterocycles. The normalized spacial score (nSPS) is 12.4. The summed E-state index contributed by atoms with van der Waals surface area (Å²) in [6.45, 7) is 2.73. The van der Waals surface area contributed by atoms with Crippen LogP contribution in [-0.4, -0.2) is 6.54 Å². The second-order valence-electron chi connectivity index (χ2n) is 4.33. The van der Waals surface area contributed by atoms with E-state index in [1.807, 2.05) is 25.1 Å². The fraction of sp³-hybridized carbons (Fsp3) is 0.200. The van der Waals surface area contributed by atoms with Crippen molar-refractivity contribution >= 4 is 50.1 Å². The molecule has 0 amide bonds. The van der Waals surface area contributed by atoms with E-state index in [9.17, 15) is 4.39 Å². The summed E-state index contributed by atoms with van der Waals surface area (Å²) >= 11 is 11.7. The highest BCUT2D eigenvalue weighted by Gasteiger charge is 2.18. The quantitative estimate of drug-likeness (QED) is 0.581. The molecule has 0 aliphatic carbocycles. The Morgan fingerprint density at radius 2 is 2.05 bits per heavy atom. The summed E-state index contributed by atoms with van der Waals surface area (Å²) in [6, 6.07) is 10.6. The molecule has 0 radical (unpaired) electrons. The molecule has 0 bridgehead atoms. The molecule has 0 aliphatic rings. The Kier molecular flexibility index (Phi) is 5.84. The van der Waals surface area contributed by atoms with Crippen molar-refractivity contribution in [3.63, 3.8) is 0 Å². The molecule has 2 rings (SSSR count). The van der Waals surface area contributed by atoms with Crippen LogP contribution >= 0.6 is 50.1 Å². The van der Waals surface area contributed by atoms with Gasteiger partial charge in [0.05, 0.1) is 11.1 Å². The van der Waals surface area contributed by atoms with E-state index in [4.69, 9.17) is 11.6 Å². The third kappa shape index (κ3) is 3.72. The van der Waals surface area contributed by atoms with Crippen molar-refractivity contribution in [2.45, 2.75) is 13.0 Å². The van der Waals surface area contributed by atoms with Crippen molar-refractivity contribution in [2.24, 2.45) is 0 Å². The number of rotatable bonds is 4. The van der Waals surface area contributed by atoms with Crippen molar-refractivity contribution in [3.05, 3.63) is 66.4 Å². The van der Waals surface area contributed by atoms with E-state index in [-0.39, 0.29) is 11.9 Å². The van der Waals surface area contributed by atoms with Gasteiger partial charge in [-0.15, -0.1) is 0 Å². The second-order valence-corrected chi connectivity index (χ2v) is 6.82. The molecule has 0 spiro atoms. The number of hydrogen-bond acceptors (Lipinski definition) is 1. The standard InChI is InChI=1S/C15H13BrClFIN/c1-2-20-15(9-3-6-14(19)12(17)7-9)11-8-10(16)4-5-13(11)18/h3-8,15,20H,2H2,1H3. The van der Waals surface area contributed by atoms with Crippen LogP contribution in [0.4, 0.5) is 4.39 Å². The lowest BCUT2D eigenvalue weighted by Crippen LogP contribution is -2.23. The Bertz CT molecular complexity index is 621. The van der Waals surface area contributed by atoms with Crippen molar-refractivity contribution in [1.82, 2.24) is 5.32 Å². The number of halogens is 4. The van der Waals surface area contributed by atoms with Gasteiger partial charge >= 0.3 is 0 Å². The molecule has 2 aromatic rings. The number of nitrogens with one attached hydrogen (secondary N) is 1. The third-order valence-electron chi connectivity index (χ3n) is 2.95. The first-order valence-corrected chi connectivity index (χ1v) is 8.41. The van der Waals surface area contributed by atoms with Gasteiger partial charge in [-0.1, -0.05) is 40.5 Å². The van der Waals surface area contributed by atoms with Crippen LogP contribution < -0.4 is 5.32 Å². The molecule has 1 nitrogen and oxygen atoms in total. The van der Waals surface area contributed by atoms with Gasteiger partial charge in [0.25, 0.3) is 0 Å². The SMILES string of the molecule is CCNC(c1ccc(I)c(Cl)c1)c1cc(Br)ccc1F. The Morgan fingerprint density at radius 3 is 2.70 bits per heavy atom. The third-order valence-corrected chi connectivity index (χ3v) is 5.02. The highest BCUT2D eigenvalue weighted by Crippen LogP contribution is 2.30. The van der Waals surface area contributed by atoms with E-state index in [0.717, 1.165) is 20.2 Å². The zero-order valence-corrected chi connectivity index (χ0v) is 15.3. The van der Waals surface area contributed by atoms with Gasteiger partial charge in [0.1, 0.15) is 5.82 Å². The lowest BCUT2D eigenvalue weighted by molar-refractivity contribution is 0.558. The van der Waals surface area contributed by atoms with Crippen LogP contribution in [0.3, 0.4) is 0 Å². The maximum atomic E-state index is 14.1. The summed E-state index contributed by atoms with van der Waals surface area (Å²) in [5.74, 6) is -0.228. The van der Waals surface area contributed by atoms with Gasteiger partial charge in [-0.05, 0) is 65.0 Å². The highest BCUT2D eigenvalue weighted by molar-refractivity contribution is 14.1. The van der Waals surface area contributed by atoms with E-state index in [1.165, 1.54) is 6.07 Å². The molecule has 0 fully saturated rings. The van der Waals surface area contributed by atoms with Crippen LogP contribution in [0.15, 0.2) is 40.9 Å². The molecular weight excluding hydrogens is 455 g/mol. The molecule has 0 saturated heterocycles. The van der Waals surface area contributed by atoms with Gasteiger partial charge in [-0.2, -0.15) is 0 Å². The van der Waals surface area contributed by atoms with Gasteiger partial charge in [-0.25, -0.2) is 4.39 Å². The van der Waals surface area contributed by atoms with Crippen LogP contribution in [-0.2, 0) is 0 Å². The average molecular weight is 469 g/mol. The van der Waals surface area contributed by atoms with E-state index < -0.39 is 0 Å². The van der Waals surface area contributed by atoms with Gasteiger partial charge in [0, 0.05) is 13.6 Å². The maximum Gasteiger partial charge on any atom is 0.128 e. The minimum absolute atomic E-state index is 0.216. The molecule has 106 valence electrons. The maximum absolute atomic E-state index is 14.1. The summed E-state index contributed by atoms with van der Waals surface area (Å²) in [4.78, 5) is 0. The fourth-order valence-corrected chi connectivity index (χ4v) is 2.94. The predicted molar refractivity (Wildman–Crippen MR) is 93.8 cm³/mol. The molecule has 1 unspecified atom stereocenters. The summed E-state index contributed by atoms with van der Waals surface area (Å²) < 4.78 is 16.0. The molecule has 2 aromatic carbocycles. The van der Waals surface area contributed by atoms with E-state index in [0.29, 0.717) is 10.6 Å². The number of hydrogen-bond donors (Lipinski definition) is 1. The first kappa shape index (κ1) is 16.2. The van der Waals surface area contributed by atoms with Gasteiger partial charge in [0.15, 0.2) is 0 Å². The van der Waals surface area contributed by atoms with Crippen LogP contribution in [0.1, 0.15) is 24.1 Å². The van der Waals surface area contributed by atoms with Gasteiger partial charge < -0.3 is 5.32 Å². The first-order valence-electron chi connectivity index (χ1n) is 6.16. The Balaban J connectivity index is 2.49. The largest absolute Gasteiger partial charge is 0.306 e.